The van der Waals surface area contributed by atoms with Gasteiger partial charge in [-0.05, 0) is 39.0 Å². The van der Waals surface area contributed by atoms with Crippen LogP contribution in [0.25, 0.3) is 0 Å². The van der Waals surface area contributed by atoms with Gasteiger partial charge in [0.1, 0.15) is 6.61 Å². The van der Waals surface area contributed by atoms with Crippen LogP contribution in [0.3, 0.4) is 0 Å². The van der Waals surface area contributed by atoms with Crippen molar-refractivity contribution in [2.75, 3.05) is 13.2 Å². The van der Waals surface area contributed by atoms with Crippen LogP contribution in [0, 0.1) is 0 Å². The molecule has 0 amide bonds. The van der Waals surface area contributed by atoms with Gasteiger partial charge in [0.15, 0.2) is 11.9 Å². The molecule has 0 radical (unpaired) electrons. The number of esters is 1. The smallest absolute Gasteiger partial charge is 0.334 e. The molecule has 0 N–H and O–H groups in total. The summed E-state index contributed by atoms with van der Waals surface area (Å²) in [7, 11) is 0. The molecule has 0 saturated carbocycles. The van der Waals surface area contributed by atoms with Crippen LogP contribution in [0.2, 0.25) is 0 Å². The standard InChI is InChI=1S/C23H41NO3/c1-3-5-6-7-8-9-10-11-12-13-14-15-16-17-18-19-22-24-21(20-27-22)23(25)26-4-2/h11-12,21H,3-10,13-20H2,1-2H3/b12-11-/t21-/m0/s1. The van der Waals surface area contributed by atoms with Crippen molar-refractivity contribution < 1.29 is 14.3 Å². The highest BCUT2D eigenvalue weighted by Crippen LogP contribution is 2.14. The van der Waals surface area contributed by atoms with Crippen molar-refractivity contribution in [3.63, 3.8) is 0 Å². The Bertz CT molecular complexity index is 431. The van der Waals surface area contributed by atoms with E-state index in [4.69, 9.17) is 9.47 Å². The summed E-state index contributed by atoms with van der Waals surface area (Å²) in [6.07, 6.45) is 22.5. The first-order valence-corrected chi connectivity index (χ1v) is 11.3. The predicted molar refractivity (Wildman–Crippen MR) is 113 cm³/mol. The Morgan fingerprint density at radius 2 is 1.56 bits per heavy atom. The Morgan fingerprint density at radius 1 is 0.963 bits per heavy atom. The summed E-state index contributed by atoms with van der Waals surface area (Å²) in [5.74, 6) is 0.461. The van der Waals surface area contributed by atoms with Crippen LogP contribution in [-0.2, 0) is 14.3 Å². The number of carbonyl (C=O) groups is 1. The third-order valence-corrected chi connectivity index (χ3v) is 4.92. The first-order valence-electron chi connectivity index (χ1n) is 11.3. The minimum absolute atomic E-state index is 0.267. The van der Waals surface area contributed by atoms with Crippen molar-refractivity contribution in [3.8, 4) is 0 Å². The van der Waals surface area contributed by atoms with Crippen molar-refractivity contribution in [2.45, 2.75) is 110 Å². The Hall–Kier alpha value is -1.32. The third kappa shape index (κ3) is 12.6. The minimum Gasteiger partial charge on any atom is -0.478 e. The van der Waals surface area contributed by atoms with Crippen LogP contribution in [0.4, 0.5) is 0 Å². The Labute approximate surface area is 166 Å². The minimum atomic E-state index is -0.442. The molecule has 1 heterocycles. The first-order chi connectivity index (χ1) is 13.3. The monoisotopic (exact) mass is 379 g/mol. The molecule has 0 saturated heterocycles. The second kappa shape index (κ2) is 16.8. The van der Waals surface area contributed by atoms with Crippen molar-refractivity contribution in [1.82, 2.24) is 0 Å². The van der Waals surface area contributed by atoms with E-state index in [1.807, 2.05) is 6.92 Å². The Balaban J connectivity index is 1.87. The number of unbranched alkanes of at least 4 members (excludes halogenated alkanes) is 11. The number of ether oxygens (including phenoxy) is 2. The fourth-order valence-corrected chi connectivity index (χ4v) is 3.27. The number of hydrogen-bond donors (Lipinski definition) is 0. The normalized spacial score (nSPS) is 16.5. The second-order valence-corrected chi connectivity index (χ2v) is 7.44. The maximum Gasteiger partial charge on any atom is 0.334 e. The highest BCUT2D eigenvalue weighted by Gasteiger charge is 2.26. The van der Waals surface area contributed by atoms with E-state index in [0.717, 1.165) is 18.7 Å². The lowest BCUT2D eigenvalue weighted by Gasteiger charge is -2.03. The molecule has 1 atom stereocenters. The average Bonchev–Trinajstić information content (AvgIpc) is 3.14. The van der Waals surface area contributed by atoms with Gasteiger partial charge in [-0.1, -0.05) is 70.4 Å². The molecular weight excluding hydrogens is 338 g/mol. The summed E-state index contributed by atoms with van der Waals surface area (Å²) in [6, 6.07) is -0.442. The summed E-state index contributed by atoms with van der Waals surface area (Å²) in [6.45, 7) is 4.82. The lowest BCUT2D eigenvalue weighted by molar-refractivity contribution is -0.144. The van der Waals surface area contributed by atoms with Crippen LogP contribution in [-0.4, -0.2) is 31.1 Å². The lowest BCUT2D eigenvalue weighted by Crippen LogP contribution is -2.22. The van der Waals surface area contributed by atoms with Crippen molar-refractivity contribution in [2.24, 2.45) is 4.99 Å². The van der Waals surface area contributed by atoms with Gasteiger partial charge in [0.2, 0.25) is 0 Å². The predicted octanol–water partition coefficient (Wildman–Crippen LogP) is 6.38. The Morgan fingerprint density at radius 3 is 2.19 bits per heavy atom. The third-order valence-electron chi connectivity index (χ3n) is 4.92. The molecule has 0 aromatic carbocycles. The number of rotatable bonds is 17. The molecule has 1 aliphatic rings. The number of nitrogens with zero attached hydrogens (tertiary/aromatic N) is 1. The van der Waals surface area contributed by atoms with Crippen molar-refractivity contribution >= 4 is 11.9 Å². The summed E-state index contributed by atoms with van der Waals surface area (Å²) in [5, 5.41) is 0. The highest BCUT2D eigenvalue weighted by atomic mass is 16.5. The van der Waals surface area contributed by atoms with E-state index in [-0.39, 0.29) is 5.97 Å². The molecule has 0 bridgehead atoms. The summed E-state index contributed by atoms with van der Waals surface area (Å²) < 4.78 is 10.5. The molecule has 156 valence electrons. The number of allylic oxidation sites excluding steroid dienone is 2. The molecule has 1 rings (SSSR count). The van der Waals surface area contributed by atoms with Gasteiger partial charge >= 0.3 is 5.97 Å². The average molecular weight is 380 g/mol. The molecule has 0 aromatic rings. The fraction of sp³-hybridized carbons (Fsp3) is 0.826. The summed E-state index contributed by atoms with van der Waals surface area (Å²) >= 11 is 0. The fourth-order valence-electron chi connectivity index (χ4n) is 3.27. The molecule has 0 unspecified atom stereocenters. The van der Waals surface area contributed by atoms with Gasteiger partial charge in [-0.2, -0.15) is 0 Å². The van der Waals surface area contributed by atoms with Gasteiger partial charge in [-0.15, -0.1) is 0 Å². The van der Waals surface area contributed by atoms with Crippen LogP contribution in [0.15, 0.2) is 17.1 Å². The van der Waals surface area contributed by atoms with Gasteiger partial charge in [0.05, 0.1) is 6.61 Å². The molecule has 0 aliphatic carbocycles. The van der Waals surface area contributed by atoms with E-state index in [0.29, 0.717) is 13.2 Å². The number of carbonyl (C=O) groups excluding carboxylic acids is 1. The van der Waals surface area contributed by atoms with Crippen molar-refractivity contribution in [1.29, 1.82) is 0 Å². The zero-order valence-corrected chi connectivity index (χ0v) is 17.7. The van der Waals surface area contributed by atoms with Crippen LogP contribution < -0.4 is 0 Å². The molecule has 4 heteroatoms. The van der Waals surface area contributed by atoms with Gasteiger partial charge in [-0.25, -0.2) is 9.79 Å². The Kier molecular flexibility index (Phi) is 14.8. The van der Waals surface area contributed by atoms with Gasteiger partial charge in [0, 0.05) is 6.42 Å². The van der Waals surface area contributed by atoms with Gasteiger partial charge < -0.3 is 9.47 Å². The second-order valence-electron chi connectivity index (χ2n) is 7.44. The van der Waals surface area contributed by atoms with Crippen LogP contribution in [0.1, 0.15) is 104 Å². The lowest BCUT2D eigenvalue weighted by atomic mass is 10.1. The van der Waals surface area contributed by atoms with Gasteiger partial charge in [-0.3, -0.25) is 0 Å². The quantitative estimate of drug-likeness (QED) is 0.167. The maximum atomic E-state index is 11.6. The molecule has 4 nitrogen and oxygen atoms in total. The van der Waals surface area contributed by atoms with Crippen LogP contribution >= 0.6 is 0 Å². The highest BCUT2D eigenvalue weighted by molar-refractivity contribution is 5.85. The van der Waals surface area contributed by atoms with Crippen molar-refractivity contribution in [3.05, 3.63) is 12.2 Å². The van der Waals surface area contributed by atoms with E-state index >= 15 is 0 Å². The van der Waals surface area contributed by atoms with Crippen LogP contribution in [0.5, 0.6) is 0 Å². The number of aliphatic imine (C=N–C) groups is 1. The molecule has 27 heavy (non-hydrogen) atoms. The molecule has 0 aromatic heterocycles. The molecule has 1 aliphatic heterocycles. The SMILES string of the molecule is CCCCCCCC/C=C\CCCCCCCC1=N[C@H](C(=O)OCC)CO1. The first kappa shape index (κ1) is 23.7. The zero-order valence-electron chi connectivity index (χ0n) is 17.7. The molecule has 0 fully saturated rings. The summed E-state index contributed by atoms with van der Waals surface area (Å²) in [5.41, 5.74) is 0. The van der Waals surface area contributed by atoms with E-state index in [9.17, 15) is 4.79 Å². The van der Waals surface area contributed by atoms with Gasteiger partial charge in [0.25, 0.3) is 0 Å². The van der Waals surface area contributed by atoms with E-state index in [2.05, 4.69) is 24.1 Å². The zero-order chi connectivity index (χ0) is 19.6. The van der Waals surface area contributed by atoms with E-state index in [1.165, 1.54) is 77.0 Å². The van der Waals surface area contributed by atoms with E-state index in [1.54, 1.807) is 0 Å². The largest absolute Gasteiger partial charge is 0.478 e. The number of hydrogen-bond acceptors (Lipinski definition) is 4. The molecular formula is C23H41NO3. The summed E-state index contributed by atoms with van der Waals surface area (Å²) in [4.78, 5) is 15.9. The maximum absolute atomic E-state index is 11.6. The molecule has 0 spiro atoms. The van der Waals surface area contributed by atoms with E-state index < -0.39 is 6.04 Å². The topological polar surface area (TPSA) is 47.9 Å².